The number of pyridine rings is 1. The number of thioether (sulfide) groups is 1. The molecule has 3 atom stereocenters. The van der Waals surface area contributed by atoms with Gasteiger partial charge in [-0.15, -0.1) is 0 Å². The van der Waals surface area contributed by atoms with Crippen molar-refractivity contribution >= 4 is 39.4 Å². The SMILES string of the molecule is CC(SCCC(=O)N1CC2CCC(C1)N2c1ccc(C#N)cn1)c1ccccc1Br. The molecule has 2 fully saturated rings. The van der Waals surface area contributed by atoms with Gasteiger partial charge in [-0.1, -0.05) is 34.1 Å². The normalized spacial score (nSPS) is 21.4. The topological polar surface area (TPSA) is 60.2 Å². The number of rotatable bonds is 6. The molecule has 3 unspecified atom stereocenters. The Labute approximate surface area is 190 Å². The largest absolute Gasteiger partial charge is 0.347 e. The highest BCUT2D eigenvalue weighted by Crippen LogP contribution is 2.35. The number of aromatic nitrogens is 1. The van der Waals surface area contributed by atoms with Gasteiger partial charge in [-0.25, -0.2) is 4.98 Å². The van der Waals surface area contributed by atoms with Crippen LogP contribution in [-0.4, -0.2) is 46.7 Å². The van der Waals surface area contributed by atoms with Gasteiger partial charge in [0.05, 0.1) is 5.56 Å². The van der Waals surface area contributed by atoms with Crippen LogP contribution >= 0.6 is 27.7 Å². The fraction of sp³-hybridized carbons (Fsp3) is 0.435. The fourth-order valence-electron chi connectivity index (χ4n) is 4.46. The number of anilines is 1. The molecule has 2 aliphatic heterocycles. The monoisotopic (exact) mass is 484 g/mol. The summed E-state index contributed by atoms with van der Waals surface area (Å²) in [7, 11) is 0. The van der Waals surface area contributed by atoms with Crippen molar-refractivity contribution in [3.05, 3.63) is 58.2 Å². The second-order valence-corrected chi connectivity index (χ2v) is 10.2. The molecule has 4 rings (SSSR count). The van der Waals surface area contributed by atoms with E-state index in [1.165, 1.54) is 5.56 Å². The molecule has 1 aromatic carbocycles. The minimum Gasteiger partial charge on any atom is -0.347 e. The quantitative estimate of drug-likeness (QED) is 0.590. The minimum absolute atomic E-state index is 0.256. The summed E-state index contributed by atoms with van der Waals surface area (Å²) in [6.07, 6.45) is 4.39. The van der Waals surface area contributed by atoms with Gasteiger partial charge in [0.15, 0.2) is 0 Å². The Bertz CT molecular complexity index is 931. The summed E-state index contributed by atoms with van der Waals surface area (Å²) >= 11 is 5.45. The molecule has 0 aliphatic carbocycles. The summed E-state index contributed by atoms with van der Waals surface area (Å²) in [4.78, 5) is 21.7. The number of amides is 1. The number of carbonyl (C=O) groups is 1. The number of nitrogens with zero attached hydrogens (tertiary/aromatic N) is 4. The molecule has 30 heavy (non-hydrogen) atoms. The molecule has 2 saturated heterocycles. The first kappa shape index (κ1) is 21.2. The number of nitriles is 1. The molecule has 1 amide bonds. The Hall–Kier alpha value is -2.04. The molecule has 7 heteroatoms. The third kappa shape index (κ3) is 4.50. The third-order valence-electron chi connectivity index (χ3n) is 6.00. The lowest BCUT2D eigenvalue weighted by atomic mass is 10.1. The molecule has 0 spiro atoms. The molecular weight excluding hydrogens is 460 g/mol. The predicted molar refractivity (Wildman–Crippen MR) is 124 cm³/mol. The van der Waals surface area contributed by atoms with Gasteiger partial charge in [-0.3, -0.25) is 4.79 Å². The number of fused-ring (bicyclic) bond motifs is 2. The average molecular weight is 485 g/mol. The zero-order valence-electron chi connectivity index (χ0n) is 17.0. The standard InChI is InChI=1S/C23H25BrN4OS/c1-16(20-4-2-3-5-21(20)24)30-11-10-23(29)27-14-18-7-8-19(15-27)28(18)22-9-6-17(12-25)13-26-22/h2-6,9,13,16,18-19H,7-8,10-11,14-15H2,1H3. The number of benzene rings is 1. The molecule has 1 aromatic heterocycles. The van der Waals surface area contributed by atoms with E-state index in [0.717, 1.165) is 42.0 Å². The lowest BCUT2D eigenvalue weighted by Crippen LogP contribution is -2.55. The van der Waals surface area contributed by atoms with Crippen molar-refractivity contribution in [3.8, 4) is 6.07 Å². The number of carbonyl (C=O) groups excluding carboxylic acids is 1. The van der Waals surface area contributed by atoms with Crippen LogP contribution < -0.4 is 4.90 Å². The summed E-state index contributed by atoms with van der Waals surface area (Å²) in [6, 6.07) is 14.8. The van der Waals surface area contributed by atoms with Gasteiger partial charge in [0.25, 0.3) is 0 Å². The Morgan fingerprint density at radius 3 is 2.63 bits per heavy atom. The van der Waals surface area contributed by atoms with E-state index in [0.29, 0.717) is 29.3 Å². The number of piperazine rings is 1. The molecule has 2 bridgehead atoms. The van der Waals surface area contributed by atoms with Gasteiger partial charge < -0.3 is 9.80 Å². The number of hydrogen-bond acceptors (Lipinski definition) is 5. The van der Waals surface area contributed by atoms with Gasteiger partial charge in [0.1, 0.15) is 11.9 Å². The first-order valence-corrected chi connectivity index (χ1v) is 12.2. The van der Waals surface area contributed by atoms with Crippen molar-refractivity contribution in [2.45, 2.75) is 43.5 Å². The van der Waals surface area contributed by atoms with Crippen LogP contribution in [0.2, 0.25) is 0 Å². The second-order valence-electron chi connectivity index (χ2n) is 7.89. The molecule has 5 nitrogen and oxygen atoms in total. The van der Waals surface area contributed by atoms with Crippen molar-refractivity contribution in [1.82, 2.24) is 9.88 Å². The summed E-state index contributed by atoms with van der Waals surface area (Å²) < 4.78 is 1.13. The van der Waals surface area contributed by atoms with E-state index in [2.05, 4.69) is 57.0 Å². The highest BCUT2D eigenvalue weighted by Gasteiger charge is 2.41. The van der Waals surface area contributed by atoms with Crippen molar-refractivity contribution in [3.63, 3.8) is 0 Å². The van der Waals surface area contributed by atoms with Crippen molar-refractivity contribution in [2.24, 2.45) is 0 Å². The Kier molecular flexibility index (Phi) is 6.64. The van der Waals surface area contributed by atoms with E-state index < -0.39 is 0 Å². The Morgan fingerprint density at radius 2 is 2.00 bits per heavy atom. The van der Waals surface area contributed by atoms with Gasteiger partial charge in [0.2, 0.25) is 5.91 Å². The van der Waals surface area contributed by atoms with Crippen LogP contribution in [0.15, 0.2) is 47.1 Å². The molecule has 2 aliphatic rings. The number of halogens is 1. The zero-order chi connectivity index (χ0) is 21.1. The lowest BCUT2D eigenvalue weighted by Gasteiger charge is -2.41. The van der Waals surface area contributed by atoms with Crippen LogP contribution in [0.4, 0.5) is 5.82 Å². The summed E-state index contributed by atoms with van der Waals surface area (Å²) in [5.41, 5.74) is 1.85. The zero-order valence-corrected chi connectivity index (χ0v) is 19.4. The molecule has 0 radical (unpaired) electrons. The van der Waals surface area contributed by atoms with Crippen molar-refractivity contribution < 1.29 is 4.79 Å². The van der Waals surface area contributed by atoms with Crippen molar-refractivity contribution in [2.75, 3.05) is 23.7 Å². The van der Waals surface area contributed by atoms with Crippen LogP contribution in [0, 0.1) is 11.3 Å². The van der Waals surface area contributed by atoms with Crippen LogP contribution in [-0.2, 0) is 4.79 Å². The average Bonchev–Trinajstić information content (AvgIpc) is 3.02. The smallest absolute Gasteiger partial charge is 0.223 e. The van der Waals surface area contributed by atoms with E-state index in [4.69, 9.17) is 5.26 Å². The summed E-state index contributed by atoms with van der Waals surface area (Å²) in [6.45, 7) is 3.72. The van der Waals surface area contributed by atoms with Crippen LogP contribution in [0.3, 0.4) is 0 Å². The number of hydrogen-bond donors (Lipinski definition) is 0. The van der Waals surface area contributed by atoms with E-state index in [9.17, 15) is 4.79 Å². The van der Waals surface area contributed by atoms with Crippen LogP contribution in [0.1, 0.15) is 42.6 Å². The summed E-state index contributed by atoms with van der Waals surface area (Å²) in [5, 5.41) is 9.33. The van der Waals surface area contributed by atoms with Gasteiger partial charge in [-0.05, 0) is 43.5 Å². The first-order chi connectivity index (χ1) is 14.6. The predicted octanol–water partition coefficient (Wildman–Crippen LogP) is 4.78. The van der Waals surface area contributed by atoms with Crippen LogP contribution in [0.5, 0.6) is 0 Å². The molecule has 3 heterocycles. The fourth-order valence-corrected chi connectivity index (χ4v) is 6.27. The van der Waals surface area contributed by atoms with E-state index in [1.807, 2.05) is 34.9 Å². The maximum atomic E-state index is 12.9. The summed E-state index contributed by atoms with van der Waals surface area (Å²) in [5.74, 6) is 2.01. The molecule has 156 valence electrons. The lowest BCUT2D eigenvalue weighted by molar-refractivity contribution is -0.131. The van der Waals surface area contributed by atoms with Crippen molar-refractivity contribution in [1.29, 1.82) is 5.26 Å². The maximum absolute atomic E-state index is 12.9. The molecule has 2 aromatic rings. The van der Waals surface area contributed by atoms with Crippen LogP contribution in [0.25, 0.3) is 0 Å². The van der Waals surface area contributed by atoms with Gasteiger partial charge >= 0.3 is 0 Å². The minimum atomic E-state index is 0.256. The molecular formula is C23H25BrN4OS. The van der Waals surface area contributed by atoms with Gasteiger partial charge in [0, 0.05) is 53.3 Å². The maximum Gasteiger partial charge on any atom is 0.223 e. The first-order valence-electron chi connectivity index (χ1n) is 10.3. The van der Waals surface area contributed by atoms with E-state index in [-0.39, 0.29) is 5.91 Å². The van der Waals surface area contributed by atoms with E-state index in [1.54, 1.807) is 6.20 Å². The van der Waals surface area contributed by atoms with E-state index >= 15 is 0 Å². The Balaban J connectivity index is 1.30. The third-order valence-corrected chi connectivity index (χ3v) is 7.92. The number of likely N-dealkylation sites (tertiary alicyclic amines) is 1. The highest BCUT2D eigenvalue weighted by atomic mass is 79.9. The molecule has 0 N–H and O–H groups in total. The Morgan fingerprint density at radius 1 is 1.27 bits per heavy atom. The molecule has 0 saturated carbocycles. The highest BCUT2D eigenvalue weighted by molar-refractivity contribution is 9.10. The van der Waals surface area contributed by atoms with Gasteiger partial charge in [-0.2, -0.15) is 17.0 Å². The second kappa shape index (κ2) is 9.40.